The number of nitrogens with zero attached hydrogens (tertiary/aromatic N) is 2. The van der Waals surface area contributed by atoms with Crippen molar-refractivity contribution in [1.82, 2.24) is 15.5 Å². The van der Waals surface area contributed by atoms with E-state index in [2.05, 4.69) is 25.6 Å². The largest absolute Gasteiger partial charge is 0.482 e. The average molecular weight is 376 g/mol. The van der Waals surface area contributed by atoms with E-state index in [0.29, 0.717) is 22.4 Å². The number of esters is 1. The van der Waals surface area contributed by atoms with Gasteiger partial charge in [-0.1, -0.05) is 11.3 Å². The second-order valence-corrected chi connectivity index (χ2v) is 6.82. The molecule has 3 rings (SSSR count). The molecule has 1 saturated heterocycles. The van der Waals surface area contributed by atoms with E-state index < -0.39 is 5.97 Å². The summed E-state index contributed by atoms with van der Waals surface area (Å²) in [6.45, 7) is 1.79. The summed E-state index contributed by atoms with van der Waals surface area (Å²) in [5.74, 6) is 0.159. The van der Waals surface area contributed by atoms with Crippen molar-refractivity contribution in [3.8, 4) is 5.75 Å². The van der Waals surface area contributed by atoms with E-state index in [0.717, 1.165) is 30.9 Å². The maximum absolute atomic E-state index is 12.3. The zero-order valence-electron chi connectivity index (χ0n) is 14.4. The topological polar surface area (TPSA) is 102 Å². The van der Waals surface area contributed by atoms with E-state index in [1.165, 1.54) is 18.4 Å². The van der Waals surface area contributed by atoms with E-state index in [1.807, 2.05) is 0 Å². The van der Waals surface area contributed by atoms with Gasteiger partial charge in [-0.3, -0.25) is 10.1 Å². The summed E-state index contributed by atoms with van der Waals surface area (Å²) in [6, 6.07) is 6.49. The third kappa shape index (κ3) is 4.77. The minimum atomic E-state index is -0.465. The van der Waals surface area contributed by atoms with Crippen molar-refractivity contribution >= 4 is 28.3 Å². The molecule has 2 N–H and O–H groups in total. The molecule has 2 heterocycles. The minimum absolute atomic E-state index is 0.174. The molecular weight excluding hydrogens is 356 g/mol. The maximum atomic E-state index is 12.3. The second kappa shape index (κ2) is 8.72. The third-order valence-corrected chi connectivity index (χ3v) is 5.05. The molecule has 26 heavy (non-hydrogen) atoms. The number of nitrogens with one attached hydrogen (secondary N) is 2. The Labute approximate surface area is 154 Å². The van der Waals surface area contributed by atoms with Crippen LogP contribution in [-0.2, 0) is 9.53 Å². The van der Waals surface area contributed by atoms with Crippen molar-refractivity contribution in [2.45, 2.75) is 18.8 Å². The van der Waals surface area contributed by atoms with Gasteiger partial charge in [0.05, 0.1) is 7.11 Å². The molecule has 2 aromatic rings. The Kier molecular flexibility index (Phi) is 6.13. The summed E-state index contributed by atoms with van der Waals surface area (Å²) in [5.41, 5.74) is 0.467. The Morgan fingerprint density at radius 2 is 1.96 bits per heavy atom. The number of methoxy groups -OCH3 is 1. The molecule has 0 atom stereocenters. The predicted octanol–water partition coefficient (Wildman–Crippen LogP) is 1.81. The first kappa shape index (κ1) is 18.3. The zero-order valence-corrected chi connectivity index (χ0v) is 15.2. The number of carbonyl (C=O) groups excluding carboxylic acids is 2. The van der Waals surface area contributed by atoms with Gasteiger partial charge < -0.3 is 14.8 Å². The summed E-state index contributed by atoms with van der Waals surface area (Å²) >= 11 is 1.42. The predicted molar refractivity (Wildman–Crippen MR) is 96.7 cm³/mol. The highest BCUT2D eigenvalue weighted by Crippen LogP contribution is 2.29. The molecule has 8 nitrogen and oxygen atoms in total. The van der Waals surface area contributed by atoms with E-state index in [4.69, 9.17) is 4.74 Å². The van der Waals surface area contributed by atoms with Crippen molar-refractivity contribution in [1.29, 1.82) is 0 Å². The third-order valence-electron chi connectivity index (χ3n) is 4.05. The first-order valence-electron chi connectivity index (χ1n) is 8.31. The number of hydrogen-bond donors (Lipinski definition) is 2. The monoisotopic (exact) mass is 376 g/mol. The number of aromatic nitrogens is 2. The molecule has 0 unspecified atom stereocenters. The number of ether oxygens (including phenoxy) is 2. The quantitative estimate of drug-likeness (QED) is 0.741. The average Bonchev–Trinajstić information content (AvgIpc) is 3.15. The number of benzene rings is 1. The molecule has 138 valence electrons. The van der Waals surface area contributed by atoms with Crippen LogP contribution in [0.1, 0.15) is 34.1 Å². The molecule has 1 aliphatic heterocycles. The summed E-state index contributed by atoms with van der Waals surface area (Å²) < 4.78 is 9.75. The van der Waals surface area contributed by atoms with Crippen LogP contribution in [-0.4, -0.2) is 48.9 Å². The molecule has 0 bridgehead atoms. The Bertz CT molecular complexity index is 756. The Hall–Kier alpha value is -2.52. The van der Waals surface area contributed by atoms with Gasteiger partial charge in [0, 0.05) is 11.5 Å². The van der Waals surface area contributed by atoms with Crippen LogP contribution in [0.15, 0.2) is 24.3 Å². The van der Waals surface area contributed by atoms with E-state index in [9.17, 15) is 9.59 Å². The minimum Gasteiger partial charge on any atom is -0.482 e. The van der Waals surface area contributed by atoms with E-state index in [1.54, 1.807) is 24.3 Å². The van der Waals surface area contributed by atoms with Crippen LogP contribution in [0.3, 0.4) is 0 Å². The molecule has 1 aromatic heterocycles. The van der Waals surface area contributed by atoms with Crippen molar-refractivity contribution in [3.63, 3.8) is 0 Å². The number of hydrogen-bond acceptors (Lipinski definition) is 8. The molecule has 1 aromatic carbocycles. The Morgan fingerprint density at radius 3 is 2.65 bits per heavy atom. The van der Waals surface area contributed by atoms with Crippen LogP contribution in [0.4, 0.5) is 5.13 Å². The van der Waals surface area contributed by atoms with E-state index in [-0.39, 0.29) is 12.5 Å². The smallest absolute Gasteiger partial charge is 0.343 e. The highest BCUT2D eigenvalue weighted by atomic mass is 32.1. The molecule has 1 aliphatic rings. The first-order valence-corrected chi connectivity index (χ1v) is 9.12. The zero-order chi connectivity index (χ0) is 18.4. The lowest BCUT2D eigenvalue weighted by molar-refractivity contribution is -0.142. The summed E-state index contributed by atoms with van der Waals surface area (Å²) in [6.07, 6.45) is 2.07. The highest BCUT2D eigenvalue weighted by molar-refractivity contribution is 7.15. The van der Waals surface area contributed by atoms with Gasteiger partial charge in [-0.25, -0.2) is 4.79 Å². The molecule has 1 amide bonds. The maximum Gasteiger partial charge on any atom is 0.343 e. The van der Waals surface area contributed by atoms with E-state index >= 15 is 0 Å². The van der Waals surface area contributed by atoms with Gasteiger partial charge in [0.2, 0.25) is 5.13 Å². The summed E-state index contributed by atoms with van der Waals surface area (Å²) in [7, 11) is 1.29. The first-order chi connectivity index (χ1) is 12.7. The number of piperidine rings is 1. The standard InChI is InChI=1S/C17H20N4O4S/c1-24-14(22)10-25-13-4-2-11(3-5-13)15(23)19-17-21-20-16(26-17)12-6-8-18-9-7-12/h2-5,12,18H,6-10H2,1H3,(H,19,21,23). The molecule has 9 heteroatoms. The second-order valence-electron chi connectivity index (χ2n) is 5.81. The van der Waals surface area contributed by atoms with Gasteiger partial charge in [0.1, 0.15) is 10.8 Å². The number of amides is 1. The Morgan fingerprint density at radius 1 is 1.23 bits per heavy atom. The fraction of sp³-hybridized carbons (Fsp3) is 0.412. The molecular formula is C17H20N4O4S. The van der Waals surface area contributed by atoms with Crippen molar-refractivity contribution in [3.05, 3.63) is 34.8 Å². The van der Waals surface area contributed by atoms with Crippen LogP contribution in [0.25, 0.3) is 0 Å². The number of rotatable bonds is 6. The molecule has 0 radical (unpaired) electrons. The fourth-order valence-corrected chi connectivity index (χ4v) is 3.50. The van der Waals surface area contributed by atoms with Gasteiger partial charge in [0.25, 0.3) is 5.91 Å². The number of carbonyl (C=O) groups is 2. The normalized spacial score (nSPS) is 14.7. The van der Waals surface area contributed by atoms with Gasteiger partial charge in [-0.2, -0.15) is 0 Å². The van der Waals surface area contributed by atoms with Crippen LogP contribution < -0.4 is 15.4 Å². The van der Waals surface area contributed by atoms with Crippen molar-refractivity contribution in [2.75, 3.05) is 32.1 Å². The lowest BCUT2D eigenvalue weighted by Crippen LogP contribution is -2.26. The highest BCUT2D eigenvalue weighted by Gasteiger charge is 2.20. The van der Waals surface area contributed by atoms with Crippen molar-refractivity contribution < 1.29 is 19.1 Å². The lowest BCUT2D eigenvalue weighted by atomic mass is 9.99. The molecule has 0 saturated carbocycles. The van der Waals surface area contributed by atoms with Crippen LogP contribution in [0.5, 0.6) is 5.75 Å². The van der Waals surface area contributed by atoms with Crippen LogP contribution in [0.2, 0.25) is 0 Å². The number of anilines is 1. The SMILES string of the molecule is COC(=O)COc1ccc(C(=O)Nc2nnc(C3CCNCC3)s2)cc1. The Balaban J connectivity index is 1.56. The van der Waals surface area contributed by atoms with Crippen molar-refractivity contribution in [2.24, 2.45) is 0 Å². The summed E-state index contributed by atoms with van der Waals surface area (Å²) in [5, 5.41) is 15.8. The van der Waals surface area contributed by atoms with Gasteiger partial charge in [-0.15, -0.1) is 10.2 Å². The summed E-state index contributed by atoms with van der Waals surface area (Å²) in [4.78, 5) is 23.4. The fourth-order valence-electron chi connectivity index (χ4n) is 2.59. The van der Waals surface area contributed by atoms with Gasteiger partial charge >= 0.3 is 5.97 Å². The molecule has 1 fully saturated rings. The molecule has 0 aliphatic carbocycles. The van der Waals surface area contributed by atoms with Gasteiger partial charge in [0.15, 0.2) is 6.61 Å². The van der Waals surface area contributed by atoms with Gasteiger partial charge in [-0.05, 0) is 50.2 Å². The van der Waals surface area contributed by atoms with Crippen LogP contribution in [0, 0.1) is 0 Å². The lowest BCUT2D eigenvalue weighted by Gasteiger charge is -2.19. The van der Waals surface area contributed by atoms with Crippen LogP contribution >= 0.6 is 11.3 Å². The molecule has 0 spiro atoms.